The molecule has 0 bridgehead atoms. The van der Waals surface area contributed by atoms with Crippen LogP contribution in [0.2, 0.25) is 0 Å². The average Bonchev–Trinajstić information content (AvgIpc) is 3.25. The summed E-state index contributed by atoms with van der Waals surface area (Å²) in [5, 5.41) is 8.87. The molecule has 128 valence electrons. The summed E-state index contributed by atoms with van der Waals surface area (Å²) in [5.41, 5.74) is 1.00. The highest BCUT2D eigenvalue weighted by Gasteiger charge is 2.28. The number of nitrogens with zero attached hydrogens (tertiary/aromatic N) is 4. The lowest BCUT2D eigenvalue weighted by Crippen LogP contribution is -3.10. The Balaban J connectivity index is 1.86. The first-order valence-corrected chi connectivity index (χ1v) is 10.2. The maximum atomic E-state index is 13.1. The Morgan fingerprint density at radius 1 is 1.25 bits per heavy atom. The molecular weight excluding hydrogens is 346 g/mol. The number of hydrogen-bond acceptors (Lipinski definition) is 6. The van der Waals surface area contributed by atoms with E-state index in [0.717, 1.165) is 31.4 Å². The monoisotopic (exact) mass is 366 g/mol. The number of benzene rings is 1. The molecule has 0 spiro atoms. The number of nitrogens with one attached hydrogen (secondary N) is 1. The van der Waals surface area contributed by atoms with Crippen LogP contribution >= 0.6 is 11.7 Å². The Hall–Kier alpha value is -1.60. The molecule has 1 fully saturated rings. The first-order chi connectivity index (χ1) is 11.6. The molecule has 3 rings (SSSR count). The number of rotatable bonds is 7. The minimum atomic E-state index is -3.69. The van der Waals surface area contributed by atoms with E-state index in [-0.39, 0.29) is 17.9 Å². The molecule has 1 aliphatic rings. The third-order valence-corrected chi connectivity index (χ3v) is 6.84. The predicted molar refractivity (Wildman–Crippen MR) is 91.2 cm³/mol. The molecule has 0 radical (unpaired) electrons. The van der Waals surface area contributed by atoms with Crippen LogP contribution in [0.3, 0.4) is 0 Å². The van der Waals surface area contributed by atoms with Gasteiger partial charge in [-0.05, 0) is 12.1 Å². The van der Waals surface area contributed by atoms with Gasteiger partial charge in [0, 0.05) is 25.8 Å². The van der Waals surface area contributed by atoms with Gasteiger partial charge < -0.3 is 4.90 Å². The summed E-state index contributed by atoms with van der Waals surface area (Å²) in [6, 6.07) is 7.05. The summed E-state index contributed by atoms with van der Waals surface area (Å²) in [7, 11) is -3.69. The van der Waals surface area contributed by atoms with Crippen LogP contribution in [0.1, 0.15) is 19.3 Å². The molecule has 24 heavy (non-hydrogen) atoms. The number of hydrogen-bond donors (Lipinski definition) is 1. The summed E-state index contributed by atoms with van der Waals surface area (Å²) in [6.45, 7) is 3.60. The molecule has 0 amide bonds. The Morgan fingerprint density at radius 2 is 2.04 bits per heavy atom. The van der Waals surface area contributed by atoms with E-state index < -0.39 is 10.0 Å². The average molecular weight is 366 g/mol. The maximum Gasteiger partial charge on any atom is 0.245 e. The SMILES string of the molecule is N#CCCN(CC[NH+]1CCCC1)S(=O)(=O)c1cccc2nsnc12. The van der Waals surface area contributed by atoms with Crippen LogP contribution in [0.25, 0.3) is 11.0 Å². The highest BCUT2D eigenvalue weighted by atomic mass is 32.2. The fourth-order valence-corrected chi connectivity index (χ4v) is 5.26. The lowest BCUT2D eigenvalue weighted by molar-refractivity contribution is -0.886. The Labute approximate surface area is 145 Å². The molecule has 1 N–H and O–H groups in total. The number of likely N-dealkylation sites (tertiary alicyclic amines) is 1. The second-order valence-corrected chi connectivity index (χ2v) is 8.34. The van der Waals surface area contributed by atoms with E-state index in [1.54, 1.807) is 18.2 Å². The summed E-state index contributed by atoms with van der Waals surface area (Å²) in [6.07, 6.45) is 2.58. The van der Waals surface area contributed by atoms with Gasteiger partial charge in [-0.15, -0.1) is 0 Å². The van der Waals surface area contributed by atoms with Crippen molar-refractivity contribution < 1.29 is 13.3 Å². The van der Waals surface area contributed by atoms with Crippen LogP contribution in [0, 0.1) is 11.3 Å². The summed E-state index contributed by atoms with van der Waals surface area (Å²) < 4.78 is 35.9. The molecule has 1 aliphatic heterocycles. The zero-order valence-electron chi connectivity index (χ0n) is 13.3. The van der Waals surface area contributed by atoms with Gasteiger partial charge in [-0.1, -0.05) is 6.07 Å². The Kier molecular flexibility index (Phi) is 5.40. The minimum absolute atomic E-state index is 0.180. The predicted octanol–water partition coefficient (Wildman–Crippen LogP) is 0.274. The molecule has 0 unspecified atom stereocenters. The van der Waals surface area contributed by atoms with Crippen molar-refractivity contribution in [1.82, 2.24) is 13.1 Å². The normalized spacial score (nSPS) is 16.0. The van der Waals surface area contributed by atoms with Crippen LogP contribution in [0.15, 0.2) is 23.1 Å². The maximum absolute atomic E-state index is 13.1. The number of aromatic nitrogens is 2. The van der Waals surface area contributed by atoms with Crippen LogP contribution < -0.4 is 4.90 Å². The molecule has 2 heterocycles. The summed E-state index contributed by atoms with van der Waals surface area (Å²) in [4.78, 5) is 1.61. The lowest BCUT2D eigenvalue weighted by Gasteiger charge is -2.22. The summed E-state index contributed by atoms with van der Waals surface area (Å²) in [5.74, 6) is 0. The molecule has 1 saturated heterocycles. The molecular formula is C15H20N5O2S2+. The van der Waals surface area contributed by atoms with Crippen LogP contribution in [-0.2, 0) is 10.0 Å². The first-order valence-electron chi connectivity index (χ1n) is 8.05. The molecule has 0 aliphatic carbocycles. The van der Waals surface area contributed by atoms with E-state index in [4.69, 9.17) is 5.26 Å². The van der Waals surface area contributed by atoms with Crippen LogP contribution in [0.5, 0.6) is 0 Å². The van der Waals surface area contributed by atoms with E-state index in [2.05, 4.69) is 8.75 Å². The molecule has 2 aromatic rings. The van der Waals surface area contributed by atoms with Gasteiger partial charge >= 0.3 is 0 Å². The highest BCUT2D eigenvalue weighted by molar-refractivity contribution is 7.89. The van der Waals surface area contributed by atoms with Gasteiger partial charge in [-0.3, -0.25) is 0 Å². The largest absolute Gasteiger partial charge is 0.334 e. The van der Waals surface area contributed by atoms with Crippen LogP contribution in [0.4, 0.5) is 0 Å². The third-order valence-electron chi connectivity index (χ3n) is 4.37. The fraction of sp³-hybridized carbons (Fsp3) is 0.533. The van der Waals surface area contributed by atoms with Gasteiger partial charge in [-0.2, -0.15) is 18.3 Å². The number of quaternary nitrogens is 1. The van der Waals surface area contributed by atoms with Crippen molar-refractivity contribution in [3.05, 3.63) is 18.2 Å². The zero-order chi connectivity index (χ0) is 17.0. The van der Waals surface area contributed by atoms with Crippen molar-refractivity contribution in [3.8, 4) is 6.07 Å². The second-order valence-electron chi connectivity index (χ2n) is 5.91. The third kappa shape index (κ3) is 3.57. The summed E-state index contributed by atoms with van der Waals surface area (Å²) >= 11 is 1.01. The molecule has 1 aromatic carbocycles. The van der Waals surface area contributed by atoms with E-state index in [1.807, 2.05) is 6.07 Å². The van der Waals surface area contributed by atoms with Crippen molar-refractivity contribution in [1.29, 1.82) is 5.26 Å². The zero-order valence-corrected chi connectivity index (χ0v) is 14.9. The first kappa shape index (κ1) is 17.2. The number of nitriles is 1. The molecule has 7 nitrogen and oxygen atoms in total. The van der Waals surface area contributed by atoms with Gasteiger partial charge in [-0.25, -0.2) is 8.42 Å². The Morgan fingerprint density at radius 3 is 2.79 bits per heavy atom. The van der Waals surface area contributed by atoms with E-state index >= 15 is 0 Å². The van der Waals surface area contributed by atoms with Crippen molar-refractivity contribution in [3.63, 3.8) is 0 Å². The Bertz CT molecular complexity index is 837. The molecule has 0 saturated carbocycles. The van der Waals surface area contributed by atoms with Gasteiger partial charge in [0.25, 0.3) is 0 Å². The van der Waals surface area contributed by atoms with E-state index in [9.17, 15) is 8.42 Å². The van der Waals surface area contributed by atoms with E-state index in [1.165, 1.54) is 22.0 Å². The lowest BCUT2D eigenvalue weighted by atomic mass is 10.3. The number of sulfonamides is 1. The fourth-order valence-electron chi connectivity index (χ4n) is 3.06. The molecule has 1 aromatic heterocycles. The van der Waals surface area contributed by atoms with Gasteiger partial charge in [0.05, 0.1) is 44.0 Å². The van der Waals surface area contributed by atoms with Crippen molar-refractivity contribution in [2.24, 2.45) is 0 Å². The molecule has 9 heteroatoms. The molecule has 0 atom stereocenters. The van der Waals surface area contributed by atoms with Crippen molar-refractivity contribution in [2.75, 3.05) is 32.7 Å². The van der Waals surface area contributed by atoms with Gasteiger partial charge in [0.2, 0.25) is 10.0 Å². The van der Waals surface area contributed by atoms with E-state index in [0.29, 0.717) is 17.6 Å². The number of fused-ring (bicyclic) bond motifs is 1. The van der Waals surface area contributed by atoms with Crippen LogP contribution in [-0.4, -0.2) is 54.2 Å². The van der Waals surface area contributed by atoms with Gasteiger partial charge in [0.1, 0.15) is 15.9 Å². The topological polar surface area (TPSA) is 91.4 Å². The van der Waals surface area contributed by atoms with Crippen molar-refractivity contribution in [2.45, 2.75) is 24.2 Å². The smallest absolute Gasteiger partial charge is 0.245 e. The standard InChI is InChI=1S/C15H19N5O2S2/c16-7-4-10-20(12-11-19-8-1-2-9-19)24(21,22)14-6-3-5-13-15(14)18-23-17-13/h3,5-6H,1-2,4,8-12H2/p+1. The van der Waals surface area contributed by atoms with Gasteiger partial charge in [0.15, 0.2) is 0 Å². The quantitative estimate of drug-likeness (QED) is 0.760. The highest BCUT2D eigenvalue weighted by Crippen LogP contribution is 2.24. The second kappa shape index (κ2) is 7.53. The van der Waals surface area contributed by atoms with Crippen molar-refractivity contribution >= 4 is 32.8 Å². The minimum Gasteiger partial charge on any atom is -0.334 e.